The lowest BCUT2D eigenvalue weighted by Crippen LogP contribution is -2.33. The van der Waals surface area contributed by atoms with Crippen LogP contribution in [-0.2, 0) is 4.79 Å². The van der Waals surface area contributed by atoms with E-state index in [-0.39, 0.29) is 30.2 Å². The molecule has 4 aromatic rings. The first kappa shape index (κ1) is 22.6. The quantitative estimate of drug-likeness (QED) is 0.276. The molecule has 164 valence electrons. The Bertz CT molecular complexity index is 1400. The molecule has 1 heterocycles. The van der Waals surface area contributed by atoms with Crippen LogP contribution in [0, 0.1) is 11.3 Å². The molecular weight excluding hydrogens is 456 g/mol. The van der Waals surface area contributed by atoms with Crippen molar-refractivity contribution < 1.29 is 4.79 Å². The van der Waals surface area contributed by atoms with Crippen LogP contribution in [0.15, 0.2) is 88.8 Å². The number of nitriles is 1. The third-order valence-corrected chi connectivity index (χ3v) is 6.11. The summed E-state index contributed by atoms with van der Waals surface area (Å²) in [5.74, 6) is -0.132. The molecule has 3 aromatic carbocycles. The number of fused-ring (bicyclic) bond motifs is 1. The highest BCUT2D eigenvalue weighted by Crippen LogP contribution is 2.24. The number of hydrogen-bond donors (Lipinski definition) is 0. The molecule has 0 radical (unpaired) electrons. The molecule has 0 N–H and O–H groups in total. The Morgan fingerprint density at radius 2 is 1.82 bits per heavy atom. The Morgan fingerprint density at radius 3 is 2.58 bits per heavy atom. The second-order valence-electron chi connectivity index (χ2n) is 7.11. The summed E-state index contributed by atoms with van der Waals surface area (Å²) in [4.78, 5) is 32.7. The van der Waals surface area contributed by atoms with Gasteiger partial charge in [-0.05, 0) is 42.5 Å². The highest BCUT2D eigenvalue weighted by molar-refractivity contribution is 7.99. The number of aromatic nitrogens is 2. The van der Waals surface area contributed by atoms with Gasteiger partial charge in [-0.25, -0.2) is 4.98 Å². The average Bonchev–Trinajstić information content (AvgIpc) is 2.84. The molecule has 0 aliphatic heterocycles. The van der Waals surface area contributed by atoms with Gasteiger partial charge in [0.15, 0.2) is 5.16 Å². The smallest absolute Gasteiger partial charge is 0.266 e. The van der Waals surface area contributed by atoms with Crippen molar-refractivity contribution in [3.8, 4) is 11.8 Å². The number of hydrogen-bond acceptors (Lipinski definition) is 5. The molecular formula is C25H19ClN4O2S. The summed E-state index contributed by atoms with van der Waals surface area (Å²) in [7, 11) is 0. The summed E-state index contributed by atoms with van der Waals surface area (Å²) in [5, 5.41) is 10.4. The van der Waals surface area contributed by atoms with Gasteiger partial charge in [0.2, 0.25) is 5.91 Å². The van der Waals surface area contributed by atoms with Gasteiger partial charge in [0.05, 0.1) is 34.8 Å². The molecule has 0 unspecified atom stereocenters. The molecule has 33 heavy (non-hydrogen) atoms. The maximum absolute atomic E-state index is 13.3. The minimum atomic E-state index is -0.234. The van der Waals surface area contributed by atoms with Crippen molar-refractivity contribution in [2.45, 2.75) is 11.6 Å². The molecule has 0 fully saturated rings. The zero-order chi connectivity index (χ0) is 23.2. The van der Waals surface area contributed by atoms with Crippen molar-refractivity contribution in [2.24, 2.45) is 0 Å². The zero-order valence-corrected chi connectivity index (χ0v) is 19.1. The standard InChI is InChI=1S/C25H19ClN4O2S/c26-18-8-6-11-20(16-18)30-24(32)21-12-4-5-13-22(21)28-25(30)33-17-23(31)29(15-7-14-27)19-9-2-1-3-10-19/h1-6,8-13,16H,7,15,17H2. The number of amides is 1. The number of rotatable bonds is 7. The molecule has 0 aliphatic carbocycles. The second kappa shape index (κ2) is 10.3. The van der Waals surface area contributed by atoms with Crippen LogP contribution in [0.25, 0.3) is 16.6 Å². The van der Waals surface area contributed by atoms with E-state index in [1.807, 2.05) is 36.4 Å². The third-order valence-electron chi connectivity index (χ3n) is 4.95. The van der Waals surface area contributed by atoms with Crippen LogP contribution in [-0.4, -0.2) is 27.8 Å². The largest absolute Gasteiger partial charge is 0.311 e. The Kier molecular flexibility index (Phi) is 7.08. The topological polar surface area (TPSA) is 79.0 Å². The molecule has 0 aliphatic rings. The van der Waals surface area contributed by atoms with E-state index in [9.17, 15) is 9.59 Å². The van der Waals surface area contributed by atoms with Gasteiger partial charge in [-0.15, -0.1) is 0 Å². The van der Waals surface area contributed by atoms with E-state index in [1.165, 1.54) is 16.3 Å². The third kappa shape index (κ3) is 5.08. The van der Waals surface area contributed by atoms with E-state index in [4.69, 9.17) is 16.9 Å². The maximum atomic E-state index is 13.3. The van der Waals surface area contributed by atoms with Crippen LogP contribution in [0.5, 0.6) is 0 Å². The summed E-state index contributed by atoms with van der Waals surface area (Å²) in [6.07, 6.45) is 0.215. The van der Waals surface area contributed by atoms with Gasteiger partial charge < -0.3 is 4.90 Å². The van der Waals surface area contributed by atoms with Crippen LogP contribution >= 0.6 is 23.4 Å². The molecule has 1 aromatic heterocycles. The Balaban J connectivity index is 1.70. The van der Waals surface area contributed by atoms with E-state index in [0.717, 1.165) is 5.69 Å². The number of carbonyl (C=O) groups excluding carboxylic acids is 1. The van der Waals surface area contributed by atoms with Crippen molar-refractivity contribution >= 4 is 45.9 Å². The number of carbonyl (C=O) groups is 1. The normalized spacial score (nSPS) is 10.7. The minimum absolute atomic E-state index is 0.0473. The van der Waals surface area contributed by atoms with Crippen LogP contribution in [0.1, 0.15) is 6.42 Å². The second-order valence-corrected chi connectivity index (χ2v) is 8.49. The number of halogens is 1. The van der Waals surface area contributed by atoms with Crippen LogP contribution in [0.4, 0.5) is 5.69 Å². The van der Waals surface area contributed by atoms with Gasteiger partial charge in [-0.2, -0.15) is 5.26 Å². The molecule has 0 spiro atoms. The highest BCUT2D eigenvalue weighted by Gasteiger charge is 2.19. The van der Waals surface area contributed by atoms with Crippen molar-refractivity contribution in [3.05, 3.63) is 94.2 Å². The number of nitrogens with zero attached hydrogens (tertiary/aromatic N) is 4. The molecule has 8 heteroatoms. The monoisotopic (exact) mass is 474 g/mol. The van der Waals surface area contributed by atoms with E-state index in [2.05, 4.69) is 11.1 Å². The fraction of sp³-hybridized carbons (Fsp3) is 0.120. The van der Waals surface area contributed by atoms with Crippen LogP contribution in [0.3, 0.4) is 0 Å². The number of anilines is 1. The van der Waals surface area contributed by atoms with Crippen molar-refractivity contribution in [1.82, 2.24) is 9.55 Å². The molecule has 0 atom stereocenters. The Morgan fingerprint density at radius 1 is 1.06 bits per heavy atom. The first-order valence-corrected chi connectivity index (χ1v) is 11.6. The van der Waals surface area contributed by atoms with Gasteiger partial charge in [-0.3, -0.25) is 14.2 Å². The maximum Gasteiger partial charge on any atom is 0.266 e. The first-order chi connectivity index (χ1) is 16.1. The van der Waals surface area contributed by atoms with E-state index < -0.39 is 0 Å². The summed E-state index contributed by atoms with van der Waals surface area (Å²) in [5.41, 5.74) is 1.62. The zero-order valence-electron chi connectivity index (χ0n) is 17.5. The average molecular weight is 475 g/mol. The fourth-order valence-corrected chi connectivity index (χ4v) is 4.50. The molecule has 0 saturated heterocycles. The fourth-order valence-electron chi connectivity index (χ4n) is 3.42. The molecule has 6 nitrogen and oxygen atoms in total. The molecule has 1 amide bonds. The van der Waals surface area contributed by atoms with Crippen molar-refractivity contribution in [2.75, 3.05) is 17.2 Å². The molecule has 0 bridgehead atoms. The lowest BCUT2D eigenvalue weighted by atomic mass is 10.2. The summed E-state index contributed by atoms with van der Waals surface area (Å²) in [6.45, 7) is 0.284. The predicted octanol–water partition coefficient (Wildman–Crippen LogP) is 5.08. The molecule has 4 rings (SSSR count). The van der Waals surface area contributed by atoms with Gasteiger partial charge in [0, 0.05) is 17.3 Å². The number of thioether (sulfide) groups is 1. The summed E-state index contributed by atoms with van der Waals surface area (Å²) >= 11 is 7.35. The summed E-state index contributed by atoms with van der Waals surface area (Å²) < 4.78 is 1.48. The van der Waals surface area contributed by atoms with E-state index >= 15 is 0 Å². The first-order valence-electron chi connectivity index (χ1n) is 10.2. The van der Waals surface area contributed by atoms with Crippen molar-refractivity contribution in [1.29, 1.82) is 5.26 Å². The lowest BCUT2D eigenvalue weighted by Gasteiger charge is -2.22. The van der Waals surface area contributed by atoms with Gasteiger partial charge in [0.1, 0.15) is 0 Å². The molecule has 0 saturated carbocycles. The Hall–Kier alpha value is -3.60. The van der Waals surface area contributed by atoms with E-state index in [0.29, 0.717) is 26.8 Å². The van der Waals surface area contributed by atoms with Crippen molar-refractivity contribution in [3.63, 3.8) is 0 Å². The SMILES string of the molecule is N#CCCN(C(=O)CSc1nc2ccccc2c(=O)n1-c1cccc(Cl)c1)c1ccccc1. The van der Waals surface area contributed by atoms with Crippen LogP contribution < -0.4 is 10.5 Å². The number of benzene rings is 3. The van der Waals surface area contributed by atoms with Gasteiger partial charge in [-0.1, -0.05) is 59.8 Å². The predicted molar refractivity (Wildman–Crippen MR) is 132 cm³/mol. The number of para-hydroxylation sites is 2. The Labute approximate surface area is 200 Å². The van der Waals surface area contributed by atoms with Gasteiger partial charge in [0.25, 0.3) is 5.56 Å². The van der Waals surface area contributed by atoms with Gasteiger partial charge >= 0.3 is 0 Å². The minimum Gasteiger partial charge on any atom is -0.311 e. The van der Waals surface area contributed by atoms with Crippen LogP contribution in [0.2, 0.25) is 5.02 Å². The summed E-state index contributed by atoms with van der Waals surface area (Å²) in [6, 6.07) is 25.4. The van der Waals surface area contributed by atoms with E-state index in [1.54, 1.807) is 47.4 Å². The lowest BCUT2D eigenvalue weighted by molar-refractivity contribution is -0.116. The highest BCUT2D eigenvalue weighted by atomic mass is 35.5.